The standard InChI is InChI=1S/C15H27N/c1-2-16-15(12-13-8-7-9-13)14-10-5-3-4-6-11-14/h10,13,15-16H,2-9,11-12H2,1H3. The van der Waals surface area contributed by atoms with Crippen LogP contribution in [0.15, 0.2) is 11.6 Å². The molecule has 1 N–H and O–H groups in total. The highest BCUT2D eigenvalue weighted by Crippen LogP contribution is 2.33. The Hall–Kier alpha value is -0.300. The molecule has 2 aliphatic carbocycles. The first-order valence-electron chi connectivity index (χ1n) is 7.32. The third-order valence-electron chi connectivity index (χ3n) is 4.27. The Morgan fingerprint density at radius 1 is 1.25 bits per heavy atom. The fourth-order valence-electron chi connectivity index (χ4n) is 3.03. The summed E-state index contributed by atoms with van der Waals surface area (Å²) in [5.41, 5.74) is 1.73. The van der Waals surface area contributed by atoms with Gasteiger partial charge in [-0.2, -0.15) is 0 Å². The molecule has 1 fully saturated rings. The van der Waals surface area contributed by atoms with Gasteiger partial charge < -0.3 is 5.32 Å². The van der Waals surface area contributed by atoms with E-state index in [4.69, 9.17) is 0 Å². The molecular weight excluding hydrogens is 194 g/mol. The molecule has 0 bridgehead atoms. The van der Waals surface area contributed by atoms with Crippen LogP contribution >= 0.6 is 0 Å². The molecule has 92 valence electrons. The van der Waals surface area contributed by atoms with Gasteiger partial charge in [-0.05, 0) is 44.6 Å². The second kappa shape index (κ2) is 6.44. The van der Waals surface area contributed by atoms with Crippen molar-refractivity contribution in [2.75, 3.05) is 6.54 Å². The molecule has 16 heavy (non-hydrogen) atoms. The monoisotopic (exact) mass is 221 g/mol. The van der Waals surface area contributed by atoms with Crippen molar-refractivity contribution in [2.24, 2.45) is 5.92 Å². The first-order chi connectivity index (χ1) is 7.90. The molecule has 0 aromatic heterocycles. The van der Waals surface area contributed by atoms with Crippen LogP contribution in [0, 0.1) is 5.92 Å². The van der Waals surface area contributed by atoms with Crippen molar-refractivity contribution >= 4 is 0 Å². The Morgan fingerprint density at radius 3 is 2.81 bits per heavy atom. The molecule has 1 unspecified atom stereocenters. The summed E-state index contributed by atoms with van der Waals surface area (Å²) in [4.78, 5) is 0. The maximum atomic E-state index is 3.71. The van der Waals surface area contributed by atoms with Gasteiger partial charge in [-0.3, -0.25) is 0 Å². The van der Waals surface area contributed by atoms with Gasteiger partial charge in [0, 0.05) is 6.04 Å². The third kappa shape index (κ3) is 3.35. The zero-order valence-electron chi connectivity index (χ0n) is 10.8. The van der Waals surface area contributed by atoms with Crippen molar-refractivity contribution in [1.82, 2.24) is 5.32 Å². The predicted molar refractivity (Wildman–Crippen MR) is 70.6 cm³/mol. The molecule has 2 aliphatic rings. The number of allylic oxidation sites excluding steroid dienone is 1. The van der Waals surface area contributed by atoms with Gasteiger partial charge >= 0.3 is 0 Å². The van der Waals surface area contributed by atoms with Crippen LogP contribution in [0.4, 0.5) is 0 Å². The summed E-state index contributed by atoms with van der Waals surface area (Å²) in [5.74, 6) is 1.02. The van der Waals surface area contributed by atoms with Gasteiger partial charge in [-0.25, -0.2) is 0 Å². The van der Waals surface area contributed by atoms with Crippen molar-refractivity contribution in [3.8, 4) is 0 Å². The van der Waals surface area contributed by atoms with Crippen molar-refractivity contribution < 1.29 is 0 Å². The second-order valence-corrected chi connectivity index (χ2v) is 5.52. The minimum Gasteiger partial charge on any atom is -0.311 e. The third-order valence-corrected chi connectivity index (χ3v) is 4.27. The Bertz CT molecular complexity index is 228. The van der Waals surface area contributed by atoms with E-state index in [0.29, 0.717) is 6.04 Å². The lowest BCUT2D eigenvalue weighted by molar-refractivity contribution is 0.270. The first kappa shape index (κ1) is 12.2. The van der Waals surface area contributed by atoms with Crippen molar-refractivity contribution in [3.63, 3.8) is 0 Å². The summed E-state index contributed by atoms with van der Waals surface area (Å²) >= 11 is 0. The van der Waals surface area contributed by atoms with Crippen LogP contribution in [0.2, 0.25) is 0 Å². The lowest BCUT2D eigenvalue weighted by Crippen LogP contribution is -2.34. The number of likely N-dealkylation sites (N-methyl/N-ethyl adjacent to an activating group) is 1. The molecule has 0 spiro atoms. The van der Waals surface area contributed by atoms with E-state index >= 15 is 0 Å². The molecule has 0 aliphatic heterocycles. The normalized spacial score (nSPS) is 24.4. The van der Waals surface area contributed by atoms with E-state index in [-0.39, 0.29) is 0 Å². The number of nitrogens with one attached hydrogen (secondary N) is 1. The molecule has 1 nitrogen and oxygen atoms in total. The highest BCUT2D eigenvalue weighted by molar-refractivity contribution is 5.12. The maximum Gasteiger partial charge on any atom is 0.0281 e. The van der Waals surface area contributed by atoms with Gasteiger partial charge in [0.1, 0.15) is 0 Å². The van der Waals surface area contributed by atoms with Crippen molar-refractivity contribution in [2.45, 2.75) is 70.8 Å². The molecule has 1 atom stereocenters. The smallest absolute Gasteiger partial charge is 0.0281 e. The van der Waals surface area contributed by atoms with Gasteiger partial charge in [0.25, 0.3) is 0 Å². The van der Waals surface area contributed by atoms with Gasteiger partial charge in [0.15, 0.2) is 0 Å². The number of hydrogen-bond donors (Lipinski definition) is 1. The molecular formula is C15H27N. The predicted octanol–water partition coefficient (Wildman–Crippen LogP) is 4.05. The minimum absolute atomic E-state index is 0.702. The molecule has 1 heteroatoms. The zero-order chi connectivity index (χ0) is 11.2. The van der Waals surface area contributed by atoms with E-state index in [1.807, 2.05) is 0 Å². The van der Waals surface area contributed by atoms with Gasteiger partial charge in [-0.15, -0.1) is 0 Å². The minimum atomic E-state index is 0.702. The van der Waals surface area contributed by atoms with E-state index < -0.39 is 0 Å². The number of hydrogen-bond acceptors (Lipinski definition) is 1. The summed E-state index contributed by atoms with van der Waals surface area (Å²) in [6, 6.07) is 0.702. The van der Waals surface area contributed by atoms with Crippen LogP contribution < -0.4 is 5.32 Å². The number of rotatable bonds is 5. The fraction of sp³-hybridized carbons (Fsp3) is 0.867. The van der Waals surface area contributed by atoms with E-state index in [1.165, 1.54) is 57.8 Å². The van der Waals surface area contributed by atoms with Crippen LogP contribution in [0.25, 0.3) is 0 Å². The van der Waals surface area contributed by atoms with Gasteiger partial charge in [0.2, 0.25) is 0 Å². The van der Waals surface area contributed by atoms with Crippen LogP contribution in [0.5, 0.6) is 0 Å². The van der Waals surface area contributed by atoms with Gasteiger partial charge in [-0.1, -0.05) is 44.3 Å². The summed E-state index contributed by atoms with van der Waals surface area (Å²) in [5, 5.41) is 3.71. The molecule has 0 saturated heterocycles. The SMILES string of the molecule is CCNC(CC1CCC1)C1=CCCCCC1. The van der Waals surface area contributed by atoms with E-state index in [0.717, 1.165) is 12.5 Å². The Labute approximate surface area is 101 Å². The lowest BCUT2D eigenvalue weighted by atomic mass is 9.79. The summed E-state index contributed by atoms with van der Waals surface area (Å²) in [6.45, 7) is 3.36. The highest BCUT2D eigenvalue weighted by atomic mass is 14.9. The van der Waals surface area contributed by atoms with Crippen LogP contribution in [-0.4, -0.2) is 12.6 Å². The summed E-state index contributed by atoms with van der Waals surface area (Å²) in [6.07, 6.45) is 15.3. The average molecular weight is 221 g/mol. The summed E-state index contributed by atoms with van der Waals surface area (Å²) in [7, 11) is 0. The largest absolute Gasteiger partial charge is 0.311 e. The molecule has 1 saturated carbocycles. The van der Waals surface area contributed by atoms with Crippen molar-refractivity contribution in [1.29, 1.82) is 0 Å². The second-order valence-electron chi connectivity index (χ2n) is 5.52. The molecule has 0 aromatic carbocycles. The van der Waals surface area contributed by atoms with Crippen LogP contribution in [-0.2, 0) is 0 Å². The summed E-state index contributed by atoms with van der Waals surface area (Å²) < 4.78 is 0. The zero-order valence-corrected chi connectivity index (χ0v) is 10.8. The van der Waals surface area contributed by atoms with E-state index in [1.54, 1.807) is 5.57 Å². The first-order valence-corrected chi connectivity index (χ1v) is 7.32. The maximum absolute atomic E-state index is 3.71. The van der Waals surface area contributed by atoms with E-state index in [9.17, 15) is 0 Å². The average Bonchev–Trinajstić information content (AvgIpc) is 2.50. The van der Waals surface area contributed by atoms with Gasteiger partial charge in [0.05, 0.1) is 0 Å². The van der Waals surface area contributed by atoms with Crippen LogP contribution in [0.1, 0.15) is 64.7 Å². The fourth-order valence-corrected chi connectivity index (χ4v) is 3.03. The Morgan fingerprint density at radius 2 is 2.12 bits per heavy atom. The molecule has 0 amide bonds. The Kier molecular flexibility index (Phi) is 4.90. The lowest BCUT2D eigenvalue weighted by Gasteiger charge is -2.31. The molecule has 0 radical (unpaired) electrons. The topological polar surface area (TPSA) is 12.0 Å². The molecule has 0 aromatic rings. The van der Waals surface area contributed by atoms with Crippen LogP contribution in [0.3, 0.4) is 0 Å². The molecule has 2 rings (SSSR count). The van der Waals surface area contributed by atoms with E-state index in [2.05, 4.69) is 18.3 Å². The Balaban J connectivity index is 1.90. The van der Waals surface area contributed by atoms with Crippen molar-refractivity contribution in [3.05, 3.63) is 11.6 Å². The quantitative estimate of drug-likeness (QED) is 0.691. The highest BCUT2D eigenvalue weighted by Gasteiger charge is 2.23. The molecule has 0 heterocycles.